The number of rotatable bonds is 4. The van der Waals surface area contributed by atoms with E-state index in [9.17, 15) is 0 Å². The lowest BCUT2D eigenvalue weighted by Crippen LogP contribution is -2.50. The van der Waals surface area contributed by atoms with Crippen molar-refractivity contribution in [2.24, 2.45) is 5.41 Å². The first-order chi connectivity index (χ1) is 9.70. The summed E-state index contributed by atoms with van der Waals surface area (Å²) < 4.78 is 5.82. The summed E-state index contributed by atoms with van der Waals surface area (Å²) in [5.41, 5.74) is 1.62. The average molecular weight is 274 g/mol. The van der Waals surface area contributed by atoms with Gasteiger partial charge in [-0.1, -0.05) is 19.3 Å². The van der Waals surface area contributed by atoms with Crippen molar-refractivity contribution in [3.63, 3.8) is 0 Å². The van der Waals surface area contributed by atoms with E-state index in [-0.39, 0.29) is 6.10 Å². The number of anilines is 1. The molecule has 0 radical (unpaired) electrons. The molecule has 1 heterocycles. The van der Waals surface area contributed by atoms with Crippen molar-refractivity contribution < 1.29 is 4.74 Å². The Morgan fingerprint density at radius 2 is 2.05 bits per heavy atom. The van der Waals surface area contributed by atoms with E-state index in [4.69, 9.17) is 4.74 Å². The minimum Gasteiger partial charge on any atom is -0.473 e. The van der Waals surface area contributed by atoms with Gasteiger partial charge in [0.25, 0.3) is 0 Å². The molecule has 0 aromatic carbocycles. The second-order valence-corrected chi connectivity index (χ2v) is 6.68. The van der Waals surface area contributed by atoms with Gasteiger partial charge >= 0.3 is 0 Å². The van der Waals surface area contributed by atoms with Crippen LogP contribution in [0.15, 0.2) is 18.3 Å². The fraction of sp³-hybridized carbons (Fsp3) is 0.706. The number of pyridine rings is 1. The molecular weight excluding hydrogens is 248 g/mol. The lowest BCUT2D eigenvalue weighted by atomic mass is 9.57. The van der Waals surface area contributed by atoms with E-state index in [1.807, 2.05) is 19.9 Å². The zero-order valence-corrected chi connectivity index (χ0v) is 12.7. The summed E-state index contributed by atoms with van der Waals surface area (Å²) in [5, 5.41) is 3.73. The van der Waals surface area contributed by atoms with Crippen LogP contribution < -0.4 is 10.1 Å². The largest absolute Gasteiger partial charge is 0.473 e. The van der Waals surface area contributed by atoms with Crippen molar-refractivity contribution in [2.45, 2.75) is 70.9 Å². The predicted octanol–water partition coefficient (Wildman–Crippen LogP) is 4.39. The molecule has 2 saturated carbocycles. The van der Waals surface area contributed by atoms with Crippen LogP contribution in [-0.2, 0) is 0 Å². The smallest absolute Gasteiger partial charge is 0.237 e. The molecule has 1 unspecified atom stereocenters. The maximum atomic E-state index is 5.82. The SMILES string of the molecule is CC(C)Oc1ncccc1NC1CCC12CCCCC2. The van der Waals surface area contributed by atoms with Gasteiger partial charge in [-0.15, -0.1) is 0 Å². The second kappa shape index (κ2) is 5.63. The van der Waals surface area contributed by atoms with Gasteiger partial charge in [0.05, 0.1) is 11.8 Å². The minimum absolute atomic E-state index is 0.162. The summed E-state index contributed by atoms with van der Waals surface area (Å²) in [5.74, 6) is 0.750. The summed E-state index contributed by atoms with van der Waals surface area (Å²) in [6.45, 7) is 4.09. The quantitative estimate of drug-likeness (QED) is 0.884. The van der Waals surface area contributed by atoms with Crippen LogP contribution in [0.1, 0.15) is 58.8 Å². The molecule has 2 aliphatic carbocycles. The molecule has 0 bridgehead atoms. The average Bonchev–Trinajstić information content (AvgIpc) is 2.45. The molecule has 3 rings (SSSR count). The first-order valence-corrected chi connectivity index (χ1v) is 8.08. The lowest BCUT2D eigenvalue weighted by molar-refractivity contribution is 0.0569. The highest BCUT2D eigenvalue weighted by Gasteiger charge is 2.46. The number of hydrogen-bond acceptors (Lipinski definition) is 3. The number of nitrogens with one attached hydrogen (secondary N) is 1. The summed E-state index contributed by atoms with van der Waals surface area (Å²) in [6.07, 6.45) is 11.7. The van der Waals surface area contributed by atoms with Crippen LogP contribution in [0.25, 0.3) is 0 Å². The van der Waals surface area contributed by atoms with Crippen molar-refractivity contribution in [1.29, 1.82) is 0 Å². The van der Waals surface area contributed by atoms with Crippen molar-refractivity contribution in [2.75, 3.05) is 5.32 Å². The molecule has 0 aliphatic heterocycles. The van der Waals surface area contributed by atoms with E-state index in [0.717, 1.165) is 11.6 Å². The van der Waals surface area contributed by atoms with Gasteiger partial charge in [0.15, 0.2) is 0 Å². The molecule has 1 aromatic heterocycles. The Morgan fingerprint density at radius 1 is 1.25 bits per heavy atom. The van der Waals surface area contributed by atoms with E-state index >= 15 is 0 Å². The molecule has 3 nitrogen and oxygen atoms in total. The van der Waals surface area contributed by atoms with E-state index in [1.165, 1.54) is 44.9 Å². The molecule has 1 atom stereocenters. The van der Waals surface area contributed by atoms with Gasteiger partial charge in [0.2, 0.25) is 5.88 Å². The third-order valence-electron chi connectivity index (χ3n) is 4.97. The van der Waals surface area contributed by atoms with Gasteiger partial charge in [-0.2, -0.15) is 0 Å². The van der Waals surface area contributed by atoms with Gasteiger partial charge in [-0.3, -0.25) is 0 Å². The van der Waals surface area contributed by atoms with E-state index in [1.54, 1.807) is 6.20 Å². The minimum atomic E-state index is 0.162. The Bertz CT molecular complexity index is 452. The Labute approximate surface area is 122 Å². The van der Waals surface area contributed by atoms with E-state index in [2.05, 4.69) is 16.4 Å². The molecule has 20 heavy (non-hydrogen) atoms. The fourth-order valence-electron chi connectivity index (χ4n) is 3.78. The van der Waals surface area contributed by atoms with Crippen LogP contribution in [0.2, 0.25) is 0 Å². The number of aromatic nitrogens is 1. The normalized spacial score (nSPS) is 24.4. The van der Waals surface area contributed by atoms with Crippen molar-refractivity contribution in [3.8, 4) is 5.88 Å². The zero-order chi connectivity index (χ0) is 14.0. The summed E-state index contributed by atoms with van der Waals surface area (Å²) in [4.78, 5) is 4.38. The standard InChI is InChI=1S/C17H26N2O/c1-13(2)20-16-14(7-6-12-18-16)19-15-8-11-17(15)9-4-3-5-10-17/h6-7,12-13,15,19H,3-5,8-11H2,1-2H3. The monoisotopic (exact) mass is 274 g/mol. The molecular formula is C17H26N2O. The maximum Gasteiger partial charge on any atom is 0.237 e. The van der Waals surface area contributed by atoms with Gasteiger partial charge in [0.1, 0.15) is 0 Å². The summed E-state index contributed by atoms with van der Waals surface area (Å²) in [7, 11) is 0. The zero-order valence-electron chi connectivity index (χ0n) is 12.7. The lowest BCUT2D eigenvalue weighted by Gasteiger charge is -2.52. The molecule has 3 heteroatoms. The van der Waals surface area contributed by atoms with Crippen LogP contribution in [0, 0.1) is 5.41 Å². The molecule has 2 aliphatic rings. The first kappa shape index (κ1) is 13.7. The third kappa shape index (κ3) is 2.63. The highest BCUT2D eigenvalue weighted by atomic mass is 16.5. The molecule has 110 valence electrons. The highest BCUT2D eigenvalue weighted by molar-refractivity contribution is 5.53. The Hall–Kier alpha value is -1.25. The predicted molar refractivity (Wildman–Crippen MR) is 82.2 cm³/mol. The van der Waals surface area contributed by atoms with Crippen molar-refractivity contribution >= 4 is 5.69 Å². The molecule has 1 N–H and O–H groups in total. The van der Waals surface area contributed by atoms with Gasteiger partial charge < -0.3 is 10.1 Å². The summed E-state index contributed by atoms with van der Waals surface area (Å²) >= 11 is 0. The van der Waals surface area contributed by atoms with Gasteiger partial charge in [0, 0.05) is 12.2 Å². The third-order valence-corrected chi connectivity index (χ3v) is 4.97. The summed E-state index contributed by atoms with van der Waals surface area (Å²) in [6, 6.07) is 4.70. The van der Waals surface area contributed by atoms with Crippen LogP contribution >= 0.6 is 0 Å². The Morgan fingerprint density at radius 3 is 2.70 bits per heavy atom. The van der Waals surface area contributed by atoms with Crippen LogP contribution in [0.3, 0.4) is 0 Å². The van der Waals surface area contributed by atoms with E-state index < -0.39 is 0 Å². The molecule has 2 fully saturated rings. The molecule has 0 amide bonds. The Kier molecular flexibility index (Phi) is 3.86. The van der Waals surface area contributed by atoms with Crippen LogP contribution in [0.4, 0.5) is 5.69 Å². The van der Waals surface area contributed by atoms with Gasteiger partial charge in [-0.25, -0.2) is 4.98 Å². The first-order valence-electron chi connectivity index (χ1n) is 8.08. The Balaban J connectivity index is 1.71. The molecule has 0 saturated heterocycles. The molecule has 1 spiro atoms. The number of ether oxygens (including phenoxy) is 1. The van der Waals surface area contributed by atoms with Gasteiger partial charge in [-0.05, 0) is 57.1 Å². The molecule has 1 aromatic rings. The fourth-order valence-corrected chi connectivity index (χ4v) is 3.78. The maximum absolute atomic E-state index is 5.82. The van der Waals surface area contributed by atoms with Crippen LogP contribution in [0.5, 0.6) is 5.88 Å². The topological polar surface area (TPSA) is 34.1 Å². The number of nitrogens with zero attached hydrogens (tertiary/aromatic N) is 1. The van der Waals surface area contributed by atoms with Crippen molar-refractivity contribution in [1.82, 2.24) is 4.98 Å². The van der Waals surface area contributed by atoms with Crippen molar-refractivity contribution in [3.05, 3.63) is 18.3 Å². The second-order valence-electron chi connectivity index (χ2n) is 6.68. The van der Waals surface area contributed by atoms with E-state index in [0.29, 0.717) is 11.5 Å². The highest BCUT2D eigenvalue weighted by Crippen LogP contribution is 2.53. The number of hydrogen-bond donors (Lipinski definition) is 1. The van der Waals surface area contributed by atoms with Crippen LogP contribution in [-0.4, -0.2) is 17.1 Å².